The quantitative estimate of drug-likeness (QED) is 0.385. The van der Waals surface area contributed by atoms with Gasteiger partial charge < -0.3 is 14.6 Å². The van der Waals surface area contributed by atoms with Gasteiger partial charge in [-0.1, -0.05) is 39.8 Å². The van der Waals surface area contributed by atoms with Gasteiger partial charge in [0.15, 0.2) is 11.5 Å². The number of fused-ring (bicyclic) bond motifs is 5. The Morgan fingerprint density at radius 1 is 1.03 bits per heavy atom. The molecule has 0 heterocycles. The van der Waals surface area contributed by atoms with E-state index in [0.717, 1.165) is 68.3 Å². The number of ether oxygens (including phenoxy) is 2. The minimum absolute atomic E-state index is 0.408. The molecule has 2 unspecified atom stereocenters. The maximum atomic E-state index is 10.0. The van der Waals surface area contributed by atoms with Gasteiger partial charge in [0.25, 0.3) is 0 Å². The van der Waals surface area contributed by atoms with Crippen molar-refractivity contribution >= 4 is 0 Å². The van der Waals surface area contributed by atoms with Crippen LogP contribution in [0, 0.1) is 29.1 Å². The van der Waals surface area contributed by atoms with Crippen molar-refractivity contribution in [3.63, 3.8) is 0 Å². The summed E-state index contributed by atoms with van der Waals surface area (Å²) in [4.78, 5) is 2.41. The first-order valence-corrected chi connectivity index (χ1v) is 14.7. The highest BCUT2D eigenvalue weighted by molar-refractivity contribution is 5.43. The third kappa shape index (κ3) is 4.99. The molecule has 202 valence electrons. The van der Waals surface area contributed by atoms with Crippen LogP contribution in [0.25, 0.3) is 0 Å². The van der Waals surface area contributed by atoms with Gasteiger partial charge in [-0.3, -0.25) is 4.90 Å². The molecule has 2 aromatic carbocycles. The van der Waals surface area contributed by atoms with Crippen molar-refractivity contribution in [1.29, 1.82) is 0 Å². The molecular weight excluding hydrogens is 458 g/mol. The van der Waals surface area contributed by atoms with Gasteiger partial charge in [0.2, 0.25) is 0 Å². The Labute approximate surface area is 224 Å². The fraction of sp³-hybridized carbons (Fsp3) is 0.636. The molecule has 4 heteroatoms. The first-order chi connectivity index (χ1) is 17.9. The second-order valence-electron chi connectivity index (χ2n) is 12.3. The Bertz CT molecular complexity index is 1080. The lowest BCUT2D eigenvalue weighted by atomic mass is 9.51. The van der Waals surface area contributed by atoms with E-state index >= 15 is 0 Å². The van der Waals surface area contributed by atoms with E-state index in [1.807, 2.05) is 12.1 Å². The maximum absolute atomic E-state index is 10.0. The summed E-state index contributed by atoms with van der Waals surface area (Å²) < 4.78 is 12.1. The van der Waals surface area contributed by atoms with Crippen molar-refractivity contribution in [2.24, 2.45) is 29.1 Å². The number of methoxy groups -OCH3 is 1. The molecule has 0 bridgehead atoms. The van der Waals surface area contributed by atoms with Crippen LogP contribution in [-0.4, -0.2) is 36.8 Å². The molecule has 0 aliphatic heterocycles. The number of aromatic hydroxyl groups is 1. The molecular formula is C33H47NO3. The van der Waals surface area contributed by atoms with Crippen LogP contribution in [0.15, 0.2) is 36.4 Å². The molecule has 0 spiro atoms. The summed E-state index contributed by atoms with van der Waals surface area (Å²) in [6.45, 7) is 13.3. The van der Waals surface area contributed by atoms with Gasteiger partial charge in [0, 0.05) is 6.54 Å². The highest BCUT2D eigenvalue weighted by atomic mass is 16.5. The largest absolute Gasteiger partial charge is 0.508 e. The summed E-state index contributed by atoms with van der Waals surface area (Å²) in [5, 5.41) is 10.0. The lowest BCUT2D eigenvalue weighted by Crippen LogP contribution is -2.45. The molecule has 37 heavy (non-hydrogen) atoms. The smallest absolute Gasteiger partial charge is 0.161 e. The first-order valence-electron chi connectivity index (χ1n) is 14.7. The lowest BCUT2D eigenvalue weighted by molar-refractivity contribution is 0.000862. The average molecular weight is 506 g/mol. The van der Waals surface area contributed by atoms with E-state index < -0.39 is 0 Å². The fourth-order valence-corrected chi connectivity index (χ4v) is 8.49. The Morgan fingerprint density at radius 3 is 2.59 bits per heavy atom. The number of phenolic OH excluding ortho intramolecular Hbond substituents is 1. The molecule has 0 radical (unpaired) electrons. The number of benzene rings is 2. The standard InChI is InChI=1S/C33H47NO3/c1-6-34(7-2)21-23-8-13-30(31(19-23)36-5)37-17-15-25-9-12-29-32-22(3)18-24-20-26(35)10-11-27(24)28(32)14-16-33(25,29)4/h8,10-11,13,19-20,22,25,28-29,32,35H,6-7,9,12,14-18,21H2,1-5H3/t22-,25-,28-,29?,32?,33-/m1/s1. The Kier molecular flexibility index (Phi) is 7.77. The molecule has 2 aromatic rings. The number of nitrogens with zero attached hydrogens (tertiary/aromatic N) is 1. The molecule has 2 fully saturated rings. The summed E-state index contributed by atoms with van der Waals surface area (Å²) in [6, 6.07) is 12.6. The van der Waals surface area contributed by atoms with Gasteiger partial charge in [-0.2, -0.15) is 0 Å². The SMILES string of the molecule is CCN(CC)Cc1ccc(OCC[C@H]2CCC3C4[C@H](C)Cc5cc(O)ccc5[C@H]4CC[C@@]32C)c(OC)c1. The predicted molar refractivity (Wildman–Crippen MR) is 150 cm³/mol. The van der Waals surface area contributed by atoms with Gasteiger partial charge >= 0.3 is 0 Å². The van der Waals surface area contributed by atoms with E-state index in [9.17, 15) is 5.11 Å². The molecule has 5 rings (SSSR count). The number of hydrogen-bond acceptors (Lipinski definition) is 4. The summed E-state index contributed by atoms with van der Waals surface area (Å²) in [5.74, 6) is 5.75. The number of rotatable bonds is 9. The van der Waals surface area contributed by atoms with Crippen LogP contribution in [0.5, 0.6) is 17.2 Å². The van der Waals surface area contributed by atoms with E-state index in [1.54, 1.807) is 7.11 Å². The van der Waals surface area contributed by atoms with Crippen LogP contribution in [0.4, 0.5) is 0 Å². The zero-order chi connectivity index (χ0) is 26.2. The van der Waals surface area contributed by atoms with Crippen molar-refractivity contribution < 1.29 is 14.6 Å². The fourth-order valence-electron chi connectivity index (χ4n) is 8.49. The summed E-state index contributed by atoms with van der Waals surface area (Å²) in [7, 11) is 1.75. The highest BCUT2D eigenvalue weighted by Gasteiger charge is 2.55. The molecule has 3 aliphatic carbocycles. The number of hydrogen-bond donors (Lipinski definition) is 1. The van der Waals surface area contributed by atoms with Crippen molar-refractivity contribution in [1.82, 2.24) is 4.90 Å². The Morgan fingerprint density at radius 2 is 1.84 bits per heavy atom. The van der Waals surface area contributed by atoms with E-state index in [1.165, 1.54) is 42.4 Å². The molecule has 0 aromatic heterocycles. The third-order valence-electron chi connectivity index (χ3n) is 10.5. The topological polar surface area (TPSA) is 41.9 Å². The molecule has 6 atom stereocenters. The van der Waals surface area contributed by atoms with Gasteiger partial charge in [0.05, 0.1) is 13.7 Å². The zero-order valence-corrected chi connectivity index (χ0v) is 23.6. The molecule has 0 saturated heterocycles. The van der Waals surface area contributed by atoms with Crippen LogP contribution in [-0.2, 0) is 13.0 Å². The molecule has 2 saturated carbocycles. The van der Waals surface area contributed by atoms with Crippen LogP contribution >= 0.6 is 0 Å². The van der Waals surface area contributed by atoms with Crippen molar-refractivity contribution in [3.8, 4) is 17.2 Å². The lowest BCUT2D eigenvalue weighted by Gasteiger charge is -2.53. The van der Waals surface area contributed by atoms with Crippen LogP contribution in [0.1, 0.15) is 82.4 Å². The number of phenols is 1. The molecule has 1 N–H and O–H groups in total. The Balaban J connectivity index is 1.23. The normalized spacial score (nSPS) is 30.5. The van der Waals surface area contributed by atoms with Crippen LogP contribution < -0.4 is 9.47 Å². The predicted octanol–water partition coefficient (Wildman–Crippen LogP) is 7.43. The minimum Gasteiger partial charge on any atom is -0.508 e. The summed E-state index contributed by atoms with van der Waals surface area (Å²) in [6.07, 6.45) is 7.48. The minimum atomic E-state index is 0.408. The Hall–Kier alpha value is -2.20. The molecule has 3 aliphatic rings. The van der Waals surface area contributed by atoms with E-state index in [4.69, 9.17) is 9.47 Å². The molecule has 4 nitrogen and oxygen atoms in total. The van der Waals surface area contributed by atoms with Gasteiger partial charge in [0.1, 0.15) is 5.75 Å². The second kappa shape index (κ2) is 10.9. The monoisotopic (exact) mass is 505 g/mol. The first kappa shape index (κ1) is 26.4. The highest BCUT2D eigenvalue weighted by Crippen LogP contribution is 2.64. The van der Waals surface area contributed by atoms with E-state index in [-0.39, 0.29) is 0 Å². The molecule has 0 amide bonds. The van der Waals surface area contributed by atoms with E-state index in [0.29, 0.717) is 23.0 Å². The maximum Gasteiger partial charge on any atom is 0.161 e. The van der Waals surface area contributed by atoms with Crippen molar-refractivity contribution in [2.45, 2.75) is 78.7 Å². The third-order valence-corrected chi connectivity index (χ3v) is 10.5. The van der Waals surface area contributed by atoms with Gasteiger partial charge in [-0.25, -0.2) is 0 Å². The summed E-state index contributed by atoms with van der Waals surface area (Å²) >= 11 is 0. The van der Waals surface area contributed by atoms with Gasteiger partial charge in [-0.05, 0) is 128 Å². The van der Waals surface area contributed by atoms with Crippen LogP contribution in [0.3, 0.4) is 0 Å². The van der Waals surface area contributed by atoms with Gasteiger partial charge in [-0.15, -0.1) is 0 Å². The summed E-state index contributed by atoms with van der Waals surface area (Å²) in [5.41, 5.74) is 4.59. The second-order valence-corrected chi connectivity index (χ2v) is 12.3. The van der Waals surface area contributed by atoms with Crippen LogP contribution in [0.2, 0.25) is 0 Å². The average Bonchev–Trinajstić information content (AvgIpc) is 3.23. The van der Waals surface area contributed by atoms with Crippen molar-refractivity contribution in [3.05, 3.63) is 53.1 Å². The zero-order valence-electron chi connectivity index (χ0n) is 23.6. The van der Waals surface area contributed by atoms with E-state index in [2.05, 4.69) is 56.9 Å². The van der Waals surface area contributed by atoms with Crippen molar-refractivity contribution in [2.75, 3.05) is 26.8 Å².